The number of benzene rings is 1. The maximum absolute atomic E-state index is 13.5. The summed E-state index contributed by atoms with van der Waals surface area (Å²) in [6.45, 7) is 2.41. The standard InChI is InChI=1S/C13H21FN2O/c1-3-12(15)13(9-17)16(2)8-10-6-4-5-7-11(10)14/h4-7,12-13,17H,3,8-9,15H2,1-2H3. The van der Waals surface area contributed by atoms with E-state index in [2.05, 4.69) is 0 Å². The maximum atomic E-state index is 13.5. The lowest BCUT2D eigenvalue weighted by atomic mass is 10.1. The van der Waals surface area contributed by atoms with Crippen molar-refractivity contribution in [3.05, 3.63) is 35.6 Å². The monoisotopic (exact) mass is 240 g/mol. The number of hydrogen-bond acceptors (Lipinski definition) is 3. The Labute approximate surface area is 102 Å². The summed E-state index contributed by atoms with van der Waals surface area (Å²) < 4.78 is 13.5. The Bertz CT molecular complexity index is 346. The van der Waals surface area contributed by atoms with Gasteiger partial charge in [-0.2, -0.15) is 0 Å². The van der Waals surface area contributed by atoms with E-state index in [0.29, 0.717) is 12.1 Å². The molecule has 1 aromatic carbocycles. The Kier molecular flexibility index (Phi) is 5.55. The number of nitrogens with zero attached hydrogens (tertiary/aromatic N) is 1. The minimum absolute atomic E-state index is 0.0139. The number of hydrogen-bond donors (Lipinski definition) is 2. The average Bonchev–Trinajstić information content (AvgIpc) is 2.32. The van der Waals surface area contributed by atoms with Gasteiger partial charge >= 0.3 is 0 Å². The average molecular weight is 240 g/mol. The third-order valence-corrected chi connectivity index (χ3v) is 3.10. The van der Waals surface area contributed by atoms with E-state index >= 15 is 0 Å². The molecule has 2 atom stereocenters. The van der Waals surface area contributed by atoms with Crippen molar-refractivity contribution in [2.45, 2.75) is 32.0 Å². The fourth-order valence-corrected chi connectivity index (χ4v) is 1.89. The Morgan fingerprint density at radius 2 is 2.06 bits per heavy atom. The molecule has 0 saturated carbocycles. The van der Waals surface area contributed by atoms with Crippen molar-refractivity contribution in [1.29, 1.82) is 0 Å². The molecule has 0 radical (unpaired) electrons. The number of likely N-dealkylation sites (N-methyl/N-ethyl adjacent to an activating group) is 1. The van der Waals surface area contributed by atoms with E-state index in [4.69, 9.17) is 5.73 Å². The van der Waals surface area contributed by atoms with Gasteiger partial charge in [0.1, 0.15) is 5.82 Å². The van der Waals surface area contributed by atoms with Gasteiger partial charge in [-0.25, -0.2) is 4.39 Å². The minimum Gasteiger partial charge on any atom is -0.395 e. The largest absolute Gasteiger partial charge is 0.395 e. The molecule has 2 unspecified atom stereocenters. The first-order chi connectivity index (χ1) is 8.10. The van der Waals surface area contributed by atoms with Crippen molar-refractivity contribution in [3.8, 4) is 0 Å². The third-order valence-electron chi connectivity index (χ3n) is 3.10. The van der Waals surface area contributed by atoms with E-state index in [1.165, 1.54) is 6.07 Å². The van der Waals surface area contributed by atoms with E-state index in [1.54, 1.807) is 18.2 Å². The van der Waals surface area contributed by atoms with Crippen LogP contribution >= 0.6 is 0 Å². The van der Waals surface area contributed by atoms with Crippen LogP contribution in [0.2, 0.25) is 0 Å². The van der Waals surface area contributed by atoms with Crippen LogP contribution in [-0.2, 0) is 6.54 Å². The van der Waals surface area contributed by atoms with Crippen molar-refractivity contribution in [2.75, 3.05) is 13.7 Å². The summed E-state index contributed by atoms with van der Waals surface area (Å²) in [4.78, 5) is 1.90. The zero-order valence-electron chi connectivity index (χ0n) is 10.4. The molecule has 3 N–H and O–H groups in total. The molecule has 0 aliphatic carbocycles. The summed E-state index contributed by atoms with van der Waals surface area (Å²) in [6, 6.07) is 6.42. The Morgan fingerprint density at radius 3 is 2.59 bits per heavy atom. The molecule has 17 heavy (non-hydrogen) atoms. The SMILES string of the molecule is CCC(N)C(CO)N(C)Cc1ccccc1F. The molecule has 0 saturated heterocycles. The summed E-state index contributed by atoms with van der Waals surface area (Å²) in [6.07, 6.45) is 0.785. The molecule has 0 spiro atoms. The Hall–Kier alpha value is -0.970. The van der Waals surface area contributed by atoms with Crippen LogP contribution in [0.25, 0.3) is 0 Å². The number of nitrogens with two attached hydrogens (primary N) is 1. The van der Waals surface area contributed by atoms with Crippen LogP contribution in [-0.4, -0.2) is 35.7 Å². The predicted octanol–water partition coefficient (Wildman–Crippen LogP) is 1.36. The second-order valence-corrected chi connectivity index (χ2v) is 4.33. The van der Waals surface area contributed by atoms with Crippen LogP contribution < -0.4 is 5.73 Å². The van der Waals surface area contributed by atoms with Crippen LogP contribution in [0.4, 0.5) is 4.39 Å². The zero-order valence-corrected chi connectivity index (χ0v) is 10.4. The fourth-order valence-electron chi connectivity index (χ4n) is 1.89. The zero-order chi connectivity index (χ0) is 12.8. The molecule has 1 aromatic rings. The highest BCUT2D eigenvalue weighted by atomic mass is 19.1. The fraction of sp³-hybridized carbons (Fsp3) is 0.538. The van der Waals surface area contributed by atoms with Gasteiger partial charge in [0, 0.05) is 24.2 Å². The van der Waals surface area contributed by atoms with Gasteiger partial charge in [0.2, 0.25) is 0 Å². The molecule has 0 fully saturated rings. The van der Waals surface area contributed by atoms with Crippen LogP contribution in [0, 0.1) is 5.82 Å². The topological polar surface area (TPSA) is 49.5 Å². The molecular formula is C13H21FN2O. The number of halogens is 1. The lowest BCUT2D eigenvalue weighted by molar-refractivity contribution is 0.119. The first-order valence-corrected chi connectivity index (χ1v) is 5.90. The van der Waals surface area contributed by atoms with Gasteiger partial charge in [0.25, 0.3) is 0 Å². The van der Waals surface area contributed by atoms with E-state index in [0.717, 1.165) is 6.42 Å². The summed E-state index contributed by atoms with van der Waals surface area (Å²) in [5.74, 6) is -0.221. The van der Waals surface area contributed by atoms with E-state index in [1.807, 2.05) is 18.9 Å². The van der Waals surface area contributed by atoms with Crippen molar-refractivity contribution in [1.82, 2.24) is 4.90 Å². The van der Waals surface area contributed by atoms with Crippen LogP contribution in [0.15, 0.2) is 24.3 Å². The quantitative estimate of drug-likeness (QED) is 0.789. The van der Waals surface area contributed by atoms with Crippen molar-refractivity contribution in [3.63, 3.8) is 0 Å². The Morgan fingerprint density at radius 1 is 1.41 bits per heavy atom. The van der Waals surface area contributed by atoms with Gasteiger partial charge in [0.05, 0.1) is 6.61 Å². The summed E-state index contributed by atoms with van der Waals surface area (Å²) >= 11 is 0. The van der Waals surface area contributed by atoms with E-state index in [-0.39, 0.29) is 24.5 Å². The highest BCUT2D eigenvalue weighted by molar-refractivity contribution is 5.17. The first-order valence-electron chi connectivity index (χ1n) is 5.90. The Balaban J connectivity index is 2.70. The number of aliphatic hydroxyl groups excluding tert-OH is 1. The molecular weight excluding hydrogens is 219 g/mol. The van der Waals surface area contributed by atoms with E-state index in [9.17, 15) is 9.50 Å². The van der Waals surface area contributed by atoms with Crippen LogP contribution in [0.5, 0.6) is 0 Å². The molecule has 0 heterocycles. The molecule has 4 heteroatoms. The van der Waals surface area contributed by atoms with Gasteiger partial charge in [0.15, 0.2) is 0 Å². The first kappa shape index (κ1) is 14.1. The molecule has 1 rings (SSSR count). The van der Waals surface area contributed by atoms with Crippen molar-refractivity contribution >= 4 is 0 Å². The van der Waals surface area contributed by atoms with Gasteiger partial charge in [-0.1, -0.05) is 25.1 Å². The van der Waals surface area contributed by atoms with Crippen molar-refractivity contribution in [2.24, 2.45) is 5.73 Å². The molecule has 0 aromatic heterocycles. The molecule has 96 valence electrons. The summed E-state index contributed by atoms with van der Waals surface area (Å²) in [5.41, 5.74) is 6.55. The molecule has 0 bridgehead atoms. The summed E-state index contributed by atoms with van der Waals surface area (Å²) in [5, 5.41) is 9.33. The lowest BCUT2D eigenvalue weighted by Crippen LogP contribution is -2.47. The smallest absolute Gasteiger partial charge is 0.127 e. The van der Waals surface area contributed by atoms with E-state index < -0.39 is 0 Å². The van der Waals surface area contributed by atoms with Crippen LogP contribution in [0.3, 0.4) is 0 Å². The van der Waals surface area contributed by atoms with Crippen molar-refractivity contribution < 1.29 is 9.50 Å². The number of rotatable bonds is 6. The van der Waals surface area contributed by atoms with Gasteiger partial charge in [-0.05, 0) is 19.5 Å². The second kappa shape index (κ2) is 6.69. The normalized spacial score (nSPS) is 14.9. The molecule has 0 aliphatic heterocycles. The van der Waals surface area contributed by atoms with Gasteiger partial charge in [-0.3, -0.25) is 4.90 Å². The molecule has 3 nitrogen and oxygen atoms in total. The highest BCUT2D eigenvalue weighted by Gasteiger charge is 2.20. The second-order valence-electron chi connectivity index (χ2n) is 4.33. The lowest BCUT2D eigenvalue weighted by Gasteiger charge is -2.30. The number of aliphatic hydroxyl groups is 1. The predicted molar refractivity (Wildman–Crippen MR) is 67.0 cm³/mol. The van der Waals surface area contributed by atoms with Gasteiger partial charge < -0.3 is 10.8 Å². The van der Waals surface area contributed by atoms with Gasteiger partial charge in [-0.15, -0.1) is 0 Å². The summed E-state index contributed by atoms with van der Waals surface area (Å²) in [7, 11) is 1.85. The molecule has 0 amide bonds. The highest BCUT2D eigenvalue weighted by Crippen LogP contribution is 2.12. The third kappa shape index (κ3) is 3.77. The maximum Gasteiger partial charge on any atom is 0.127 e. The minimum atomic E-state index is -0.221. The molecule has 0 aliphatic rings. The van der Waals surface area contributed by atoms with Crippen LogP contribution in [0.1, 0.15) is 18.9 Å².